The Hall–Kier alpha value is -1.91. The summed E-state index contributed by atoms with van der Waals surface area (Å²) < 4.78 is 6.72. The van der Waals surface area contributed by atoms with Gasteiger partial charge in [-0.2, -0.15) is 10.2 Å². The van der Waals surface area contributed by atoms with Crippen molar-refractivity contribution in [2.45, 2.75) is 0 Å². The molecular weight excluding hydrogens is 180 g/mol. The Balaban J connectivity index is 2.41. The fraction of sp³-hybridized carbons (Fsp3) is 0.222. The number of rotatable bonds is 2. The van der Waals surface area contributed by atoms with Crippen molar-refractivity contribution in [3.63, 3.8) is 0 Å². The SMILES string of the molecule is COc1cc(-c2cnn(C)c2)cnn1. The van der Waals surface area contributed by atoms with Crippen LogP contribution in [0.4, 0.5) is 0 Å². The first-order valence-electron chi connectivity index (χ1n) is 4.15. The average molecular weight is 190 g/mol. The molecule has 0 fully saturated rings. The van der Waals surface area contributed by atoms with Crippen molar-refractivity contribution in [2.24, 2.45) is 7.05 Å². The standard InChI is InChI=1S/C9H10N4O/c1-13-6-8(5-11-13)7-3-9(14-2)12-10-4-7/h3-6H,1-2H3. The van der Waals surface area contributed by atoms with Gasteiger partial charge in [0.25, 0.3) is 0 Å². The Morgan fingerprint density at radius 1 is 1.29 bits per heavy atom. The monoisotopic (exact) mass is 190 g/mol. The second-order valence-corrected chi connectivity index (χ2v) is 2.89. The maximum absolute atomic E-state index is 4.98. The summed E-state index contributed by atoms with van der Waals surface area (Å²) in [5.74, 6) is 0.506. The van der Waals surface area contributed by atoms with E-state index in [1.807, 2.05) is 19.3 Å². The lowest BCUT2D eigenvalue weighted by Gasteiger charge is -1.98. The predicted molar refractivity (Wildman–Crippen MR) is 50.8 cm³/mol. The highest BCUT2D eigenvalue weighted by molar-refractivity contribution is 5.61. The Labute approximate surface area is 81.3 Å². The molecule has 5 heteroatoms. The number of aryl methyl sites for hydroxylation is 1. The molecule has 2 aromatic heterocycles. The molecule has 2 heterocycles. The highest BCUT2D eigenvalue weighted by Crippen LogP contribution is 2.19. The molecule has 0 aliphatic heterocycles. The van der Waals surface area contributed by atoms with Gasteiger partial charge in [-0.3, -0.25) is 4.68 Å². The minimum atomic E-state index is 0.506. The first-order chi connectivity index (χ1) is 6.79. The molecule has 0 aromatic carbocycles. The van der Waals surface area contributed by atoms with Crippen LogP contribution in [0.5, 0.6) is 5.88 Å². The fourth-order valence-electron chi connectivity index (χ4n) is 1.18. The molecule has 0 spiro atoms. The highest BCUT2D eigenvalue weighted by Gasteiger charge is 2.02. The number of methoxy groups -OCH3 is 1. The summed E-state index contributed by atoms with van der Waals surface area (Å²) in [6.45, 7) is 0. The van der Waals surface area contributed by atoms with Gasteiger partial charge >= 0.3 is 0 Å². The Bertz CT molecular complexity index is 438. The second kappa shape index (κ2) is 3.45. The van der Waals surface area contributed by atoms with E-state index in [4.69, 9.17) is 4.74 Å². The van der Waals surface area contributed by atoms with Crippen LogP contribution >= 0.6 is 0 Å². The number of ether oxygens (including phenoxy) is 1. The van der Waals surface area contributed by atoms with Gasteiger partial charge in [0.2, 0.25) is 5.88 Å². The molecule has 2 aromatic rings. The molecule has 2 rings (SSSR count). The first kappa shape index (κ1) is 8.68. The maximum atomic E-state index is 4.98. The summed E-state index contributed by atoms with van der Waals surface area (Å²) in [5.41, 5.74) is 1.95. The molecule has 5 nitrogen and oxygen atoms in total. The van der Waals surface area contributed by atoms with Crippen LogP contribution in [0.1, 0.15) is 0 Å². The van der Waals surface area contributed by atoms with Crippen molar-refractivity contribution in [3.8, 4) is 17.0 Å². The van der Waals surface area contributed by atoms with E-state index >= 15 is 0 Å². The number of hydrogen-bond donors (Lipinski definition) is 0. The van der Waals surface area contributed by atoms with Crippen LogP contribution in [0.2, 0.25) is 0 Å². The van der Waals surface area contributed by atoms with Gasteiger partial charge in [0.1, 0.15) is 0 Å². The van der Waals surface area contributed by atoms with Crippen LogP contribution in [0.25, 0.3) is 11.1 Å². The van der Waals surface area contributed by atoms with Crippen LogP contribution in [0.3, 0.4) is 0 Å². The molecule has 0 saturated heterocycles. The summed E-state index contributed by atoms with van der Waals surface area (Å²) in [7, 11) is 3.44. The van der Waals surface area contributed by atoms with E-state index in [2.05, 4.69) is 15.3 Å². The third-order valence-electron chi connectivity index (χ3n) is 1.88. The number of aromatic nitrogens is 4. The van der Waals surface area contributed by atoms with Crippen LogP contribution in [0, 0.1) is 0 Å². The molecule has 0 atom stereocenters. The zero-order valence-corrected chi connectivity index (χ0v) is 8.01. The van der Waals surface area contributed by atoms with E-state index in [9.17, 15) is 0 Å². The number of hydrogen-bond acceptors (Lipinski definition) is 4. The molecule has 0 radical (unpaired) electrons. The molecule has 0 aliphatic rings. The summed E-state index contributed by atoms with van der Waals surface area (Å²) in [5, 5.41) is 11.7. The van der Waals surface area contributed by atoms with Crippen molar-refractivity contribution in [3.05, 3.63) is 24.7 Å². The van der Waals surface area contributed by atoms with Crippen molar-refractivity contribution >= 4 is 0 Å². The summed E-state index contributed by atoms with van der Waals surface area (Å²) in [6, 6.07) is 1.82. The molecule has 0 amide bonds. The largest absolute Gasteiger partial charge is 0.480 e. The highest BCUT2D eigenvalue weighted by atomic mass is 16.5. The van der Waals surface area contributed by atoms with E-state index < -0.39 is 0 Å². The summed E-state index contributed by atoms with van der Waals surface area (Å²) in [4.78, 5) is 0. The van der Waals surface area contributed by atoms with E-state index in [1.54, 1.807) is 24.2 Å². The van der Waals surface area contributed by atoms with E-state index in [0.29, 0.717) is 5.88 Å². The Morgan fingerprint density at radius 2 is 2.14 bits per heavy atom. The molecule has 0 unspecified atom stereocenters. The summed E-state index contributed by atoms with van der Waals surface area (Å²) in [6.07, 6.45) is 5.37. The van der Waals surface area contributed by atoms with Gasteiger partial charge < -0.3 is 4.74 Å². The van der Waals surface area contributed by atoms with Crippen molar-refractivity contribution in [2.75, 3.05) is 7.11 Å². The Kier molecular flexibility index (Phi) is 2.14. The molecule has 0 bridgehead atoms. The lowest BCUT2D eigenvalue weighted by molar-refractivity contribution is 0.392. The van der Waals surface area contributed by atoms with Gasteiger partial charge in [0.15, 0.2) is 0 Å². The first-order valence-corrected chi connectivity index (χ1v) is 4.15. The van der Waals surface area contributed by atoms with E-state index in [1.165, 1.54) is 0 Å². The lowest BCUT2D eigenvalue weighted by atomic mass is 10.2. The summed E-state index contributed by atoms with van der Waals surface area (Å²) >= 11 is 0. The third-order valence-corrected chi connectivity index (χ3v) is 1.88. The molecule has 0 saturated carbocycles. The fourth-order valence-corrected chi connectivity index (χ4v) is 1.18. The zero-order chi connectivity index (χ0) is 9.97. The van der Waals surface area contributed by atoms with Crippen LogP contribution in [-0.4, -0.2) is 27.1 Å². The van der Waals surface area contributed by atoms with Gasteiger partial charge in [-0.25, -0.2) is 0 Å². The van der Waals surface area contributed by atoms with E-state index in [0.717, 1.165) is 11.1 Å². The molecule has 0 N–H and O–H groups in total. The average Bonchev–Trinajstić information content (AvgIpc) is 2.65. The zero-order valence-electron chi connectivity index (χ0n) is 8.01. The third kappa shape index (κ3) is 1.56. The predicted octanol–water partition coefficient (Wildman–Crippen LogP) is 0.886. The quantitative estimate of drug-likeness (QED) is 0.705. The van der Waals surface area contributed by atoms with Gasteiger partial charge in [-0.05, 0) is 0 Å². The van der Waals surface area contributed by atoms with Gasteiger partial charge in [0, 0.05) is 30.4 Å². The van der Waals surface area contributed by atoms with Gasteiger partial charge in [0.05, 0.1) is 19.5 Å². The van der Waals surface area contributed by atoms with Crippen molar-refractivity contribution in [1.82, 2.24) is 20.0 Å². The Morgan fingerprint density at radius 3 is 2.79 bits per heavy atom. The second-order valence-electron chi connectivity index (χ2n) is 2.89. The maximum Gasteiger partial charge on any atom is 0.233 e. The molecule has 72 valence electrons. The molecule has 0 aliphatic carbocycles. The van der Waals surface area contributed by atoms with Crippen molar-refractivity contribution in [1.29, 1.82) is 0 Å². The van der Waals surface area contributed by atoms with E-state index in [-0.39, 0.29) is 0 Å². The molecular formula is C9H10N4O. The normalized spacial score (nSPS) is 10.1. The van der Waals surface area contributed by atoms with Crippen LogP contribution < -0.4 is 4.74 Å². The molecule has 14 heavy (non-hydrogen) atoms. The van der Waals surface area contributed by atoms with Crippen molar-refractivity contribution < 1.29 is 4.74 Å². The van der Waals surface area contributed by atoms with Gasteiger partial charge in [-0.1, -0.05) is 0 Å². The lowest BCUT2D eigenvalue weighted by Crippen LogP contribution is -1.90. The smallest absolute Gasteiger partial charge is 0.233 e. The van der Waals surface area contributed by atoms with Gasteiger partial charge in [-0.15, -0.1) is 5.10 Å². The van der Waals surface area contributed by atoms with Crippen LogP contribution in [-0.2, 0) is 7.05 Å². The van der Waals surface area contributed by atoms with Crippen LogP contribution in [0.15, 0.2) is 24.7 Å². The topological polar surface area (TPSA) is 52.8 Å². The minimum Gasteiger partial charge on any atom is -0.480 e. The minimum absolute atomic E-state index is 0.506. The number of nitrogens with zero attached hydrogens (tertiary/aromatic N) is 4.